The van der Waals surface area contributed by atoms with E-state index in [0.29, 0.717) is 0 Å². The lowest BCUT2D eigenvalue weighted by Gasteiger charge is -2.26. The van der Waals surface area contributed by atoms with Crippen molar-refractivity contribution in [1.82, 2.24) is 19.5 Å². The van der Waals surface area contributed by atoms with Crippen molar-refractivity contribution in [3.63, 3.8) is 0 Å². The van der Waals surface area contributed by atoms with Gasteiger partial charge in [-0.2, -0.15) is 0 Å². The molecule has 0 radical (unpaired) electrons. The SMILES string of the molecule is c1cc(-c2ccc(N(c3ccc(-c4ccncc4)cc3)c3ccc(-n4ccnc4)cc3)cc2)ccn1. The van der Waals surface area contributed by atoms with Crippen molar-refractivity contribution < 1.29 is 0 Å². The predicted molar refractivity (Wildman–Crippen MR) is 145 cm³/mol. The number of pyridine rings is 2. The molecule has 0 saturated heterocycles. The molecule has 5 heteroatoms. The van der Waals surface area contributed by atoms with E-state index in [2.05, 4.69) is 92.6 Å². The van der Waals surface area contributed by atoms with Crippen LogP contribution in [0.15, 0.2) is 141 Å². The van der Waals surface area contributed by atoms with Crippen molar-refractivity contribution in [1.29, 1.82) is 0 Å². The van der Waals surface area contributed by atoms with Gasteiger partial charge in [0.2, 0.25) is 0 Å². The fourth-order valence-corrected chi connectivity index (χ4v) is 4.33. The van der Waals surface area contributed by atoms with Crippen molar-refractivity contribution >= 4 is 17.1 Å². The van der Waals surface area contributed by atoms with Crippen molar-refractivity contribution in [2.45, 2.75) is 0 Å². The Morgan fingerprint density at radius 1 is 0.417 bits per heavy atom. The summed E-state index contributed by atoms with van der Waals surface area (Å²) in [6.45, 7) is 0. The summed E-state index contributed by atoms with van der Waals surface area (Å²) < 4.78 is 2.00. The minimum atomic E-state index is 1.07. The lowest BCUT2D eigenvalue weighted by atomic mass is 10.0. The van der Waals surface area contributed by atoms with Crippen LogP contribution in [0.2, 0.25) is 0 Å². The normalized spacial score (nSPS) is 10.8. The molecule has 0 amide bonds. The molecule has 3 aromatic carbocycles. The molecular formula is C31H23N5. The van der Waals surface area contributed by atoms with Gasteiger partial charge < -0.3 is 9.47 Å². The van der Waals surface area contributed by atoms with Crippen LogP contribution in [0, 0.1) is 0 Å². The van der Waals surface area contributed by atoms with Gasteiger partial charge in [0, 0.05) is 59.9 Å². The highest BCUT2D eigenvalue weighted by molar-refractivity contribution is 5.80. The first-order valence-electron chi connectivity index (χ1n) is 11.7. The van der Waals surface area contributed by atoms with Crippen molar-refractivity contribution in [3.05, 3.63) is 141 Å². The van der Waals surface area contributed by atoms with Crippen LogP contribution in [0.1, 0.15) is 0 Å². The van der Waals surface area contributed by atoms with E-state index < -0.39 is 0 Å². The van der Waals surface area contributed by atoms with Crippen LogP contribution in [0.3, 0.4) is 0 Å². The summed E-state index contributed by atoms with van der Waals surface area (Å²) >= 11 is 0. The molecule has 6 aromatic rings. The van der Waals surface area contributed by atoms with Crippen LogP contribution in [0.25, 0.3) is 27.9 Å². The Morgan fingerprint density at radius 3 is 1.25 bits per heavy atom. The standard InChI is InChI=1S/C31H23N5/c1-5-29(6-2-24(1)26-13-17-32-18-14-26)36(31-11-9-28(10-12-31)35-22-21-34-23-35)30-7-3-25(4-8-30)27-15-19-33-20-16-27/h1-23H. The first kappa shape index (κ1) is 21.5. The molecule has 0 fully saturated rings. The Hall–Kier alpha value is -5.03. The lowest BCUT2D eigenvalue weighted by Crippen LogP contribution is -2.10. The van der Waals surface area contributed by atoms with E-state index in [1.807, 2.05) is 66.1 Å². The van der Waals surface area contributed by atoms with Gasteiger partial charge in [-0.15, -0.1) is 0 Å². The van der Waals surface area contributed by atoms with Crippen LogP contribution >= 0.6 is 0 Å². The largest absolute Gasteiger partial charge is 0.311 e. The zero-order valence-corrected chi connectivity index (χ0v) is 19.5. The average molecular weight is 466 g/mol. The van der Waals surface area contributed by atoms with Gasteiger partial charge in [-0.25, -0.2) is 4.98 Å². The number of hydrogen-bond donors (Lipinski definition) is 0. The summed E-state index contributed by atoms with van der Waals surface area (Å²) in [5.41, 5.74) is 8.92. The molecule has 0 bridgehead atoms. The second-order valence-electron chi connectivity index (χ2n) is 8.39. The monoisotopic (exact) mass is 465 g/mol. The van der Waals surface area contributed by atoms with Gasteiger partial charge >= 0.3 is 0 Å². The first-order chi connectivity index (χ1) is 17.8. The molecule has 6 rings (SSSR count). The molecule has 3 aromatic heterocycles. The molecule has 172 valence electrons. The summed E-state index contributed by atoms with van der Waals surface area (Å²) in [6, 6.07) is 33.9. The highest BCUT2D eigenvalue weighted by Gasteiger charge is 2.13. The molecule has 36 heavy (non-hydrogen) atoms. The molecule has 0 aliphatic carbocycles. The van der Waals surface area contributed by atoms with Crippen LogP contribution in [0.4, 0.5) is 17.1 Å². The second kappa shape index (κ2) is 9.68. The van der Waals surface area contributed by atoms with Crippen molar-refractivity contribution in [3.8, 4) is 27.9 Å². The summed E-state index contributed by atoms with van der Waals surface area (Å²) in [6.07, 6.45) is 12.8. The molecule has 0 aliphatic heterocycles. The van der Waals surface area contributed by atoms with E-state index >= 15 is 0 Å². The molecular weight excluding hydrogens is 442 g/mol. The topological polar surface area (TPSA) is 46.8 Å². The lowest BCUT2D eigenvalue weighted by molar-refractivity contribution is 1.06. The van der Waals surface area contributed by atoms with Crippen LogP contribution in [-0.2, 0) is 0 Å². The van der Waals surface area contributed by atoms with Gasteiger partial charge in [0.25, 0.3) is 0 Å². The molecule has 0 aliphatic rings. The zero-order valence-electron chi connectivity index (χ0n) is 19.5. The summed E-state index contributed by atoms with van der Waals surface area (Å²) in [4.78, 5) is 14.7. The number of anilines is 3. The van der Waals surface area contributed by atoms with Crippen LogP contribution in [0.5, 0.6) is 0 Å². The van der Waals surface area contributed by atoms with E-state index in [0.717, 1.165) is 45.0 Å². The fourth-order valence-electron chi connectivity index (χ4n) is 4.33. The van der Waals surface area contributed by atoms with E-state index in [4.69, 9.17) is 0 Å². The van der Waals surface area contributed by atoms with Gasteiger partial charge in [0.05, 0.1) is 6.33 Å². The number of nitrogens with zero attached hydrogens (tertiary/aromatic N) is 5. The number of aromatic nitrogens is 4. The third kappa shape index (κ3) is 4.38. The second-order valence-corrected chi connectivity index (χ2v) is 8.39. The first-order valence-corrected chi connectivity index (χ1v) is 11.7. The third-order valence-corrected chi connectivity index (χ3v) is 6.19. The molecule has 0 atom stereocenters. The van der Waals surface area contributed by atoms with Crippen molar-refractivity contribution in [2.75, 3.05) is 4.90 Å². The van der Waals surface area contributed by atoms with E-state index in [-0.39, 0.29) is 0 Å². The van der Waals surface area contributed by atoms with E-state index in [1.54, 1.807) is 6.20 Å². The predicted octanol–water partition coefficient (Wildman–Crippen LogP) is 7.47. The molecule has 5 nitrogen and oxygen atoms in total. The van der Waals surface area contributed by atoms with E-state index in [1.165, 1.54) is 0 Å². The Bertz CT molecular complexity index is 1440. The molecule has 0 N–H and O–H groups in total. The molecule has 0 saturated carbocycles. The summed E-state index contributed by atoms with van der Waals surface area (Å²) in [5.74, 6) is 0. The minimum absolute atomic E-state index is 1.07. The third-order valence-electron chi connectivity index (χ3n) is 6.19. The highest BCUT2D eigenvalue weighted by Crippen LogP contribution is 2.36. The highest BCUT2D eigenvalue weighted by atomic mass is 15.1. The zero-order chi connectivity index (χ0) is 24.2. The minimum Gasteiger partial charge on any atom is -0.311 e. The molecule has 3 heterocycles. The van der Waals surface area contributed by atoms with E-state index in [9.17, 15) is 0 Å². The van der Waals surface area contributed by atoms with Crippen LogP contribution in [-0.4, -0.2) is 19.5 Å². The Labute approximate surface area is 210 Å². The van der Waals surface area contributed by atoms with Crippen LogP contribution < -0.4 is 4.90 Å². The average Bonchev–Trinajstić information content (AvgIpc) is 3.51. The fraction of sp³-hybridized carbons (Fsp3) is 0. The maximum Gasteiger partial charge on any atom is 0.0991 e. The molecule has 0 unspecified atom stereocenters. The summed E-state index contributed by atoms with van der Waals surface area (Å²) in [7, 11) is 0. The summed E-state index contributed by atoms with van der Waals surface area (Å²) in [5, 5.41) is 0. The number of imidazole rings is 1. The smallest absolute Gasteiger partial charge is 0.0991 e. The Balaban J connectivity index is 1.39. The van der Waals surface area contributed by atoms with Gasteiger partial charge in [0.1, 0.15) is 0 Å². The molecule has 0 spiro atoms. The van der Waals surface area contributed by atoms with Gasteiger partial charge in [-0.05, 0) is 95.1 Å². The number of benzene rings is 3. The number of hydrogen-bond acceptors (Lipinski definition) is 4. The quantitative estimate of drug-likeness (QED) is 0.256. The maximum atomic E-state index is 4.16. The van der Waals surface area contributed by atoms with Gasteiger partial charge in [-0.1, -0.05) is 24.3 Å². The van der Waals surface area contributed by atoms with Crippen molar-refractivity contribution in [2.24, 2.45) is 0 Å². The maximum absolute atomic E-state index is 4.16. The number of rotatable bonds is 6. The Morgan fingerprint density at radius 2 is 0.833 bits per heavy atom. The van der Waals surface area contributed by atoms with Gasteiger partial charge in [-0.3, -0.25) is 9.97 Å². The van der Waals surface area contributed by atoms with Gasteiger partial charge in [0.15, 0.2) is 0 Å². The Kier molecular flexibility index (Phi) is 5.78.